The van der Waals surface area contributed by atoms with Crippen molar-refractivity contribution in [3.05, 3.63) is 0 Å². The van der Waals surface area contributed by atoms with E-state index in [1.807, 2.05) is 0 Å². The largest absolute Gasteiger partial charge is 0.354 e. The number of halogens is 3. The highest BCUT2D eigenvalue weighted by Gasteiger charge is 2.67. The first-order chi connectivity index (χ1) is 5.78. The molecule has 2 atom stereocenters. The van der Waals surface area contributed by atoms with Crippen molar-refractivity contribution in [3.8, 4) is 0 Å². The summed E-state index contributed by atoms with van der Waals surface area (Å²) in [6.07, 6.45) is -0.156. The number of carbonyl (C=O) groups is 1. The lowest BCUT2D eigenvalue weighted by Gasteiger charge is -2.12. The van der Waals surface area contributed by atoms with Crippen LogP contribution >= 0.6 is 11.6 Å². The molecule has 0 saturated heterocycles. The normalized spacial score (nSPS) is 32.4. The minimum absolute atomic E-state index is 0.00407. The van der Waals surface area contributed by atoms with Crippen molar-refractivity contribution in [2.75, 3.05) is 6.54 Å². The van der Waals surface area contributed by atoms with Gasteiger partial charge in [-0.1, -0.05) is 6.92 Å². The van der Waals surface area contributed by atoms with E-state index in [0.29, 0.717) is 0 Å². The lowest BCUT2D eigenvalue weighted by molar-refractivity contribution is -0.120. The van der Waals surface area contributed by atoms with Gasteiger partial charge in [0.2, 0.25) is 5.91 Å². The van der Waals surface area contributed by atoms with Crippen LogP contribution in [0.3, 0.4) is 0 Å². The molecular weight excluding hydrogens is 200 g/mol. The van der Waals surface area contributed by atoms with E-state index >= 15 is 0 Å². The molecule has 0 aliphatic heterocycles. The number of rotatable bonds is 3. The Morgan fingerprint density at radius 1 is 1.69 bits per heavy atom. The van der Waals surface area contributed by atoms with Crippen LogP contribution in [-0.2, 0) is 4.79 Å². The maximum absolute atomic E-state index is 12.6. The Bertz CT molecular complexity index is 232. The third kappa shape index (κ3) is 2.10. The quantitative estimate of drug-likeness (QED) is 0.709. The number of carbonyl (C=O) groups excluding carboxylic acids is 1. The van der Waals surface area contributed by atoms with Crippen LogP contribution in [-0.4, -0.2) is 23.8 Å². The van der Waals surface area contributed by atoms with Crippen LogP contribution in [0.1, 0.15) is 20.3 Å². The van der Waals surface area contributed by atoms with Crippen molar-refractivity contribution in [2.45, 2.75) is 31.6 Å². The number of alkyl halides is 3. The molecule has 0 spiro atoms. The van der Waals surface area contributed by atoms with Crippen molar-refractivity contribution in [1.82, 2.24) is 5.32 Å². The molecule has 1 fully saturated rings. The molecule has 1 rings (SSSR count). The number of amides is 1. The van der Waals surface area contributed by atoms with Gasteiger partial charge in [-0.15, -0.1) is 11.6 Å². The SMILES string of the molecule is CC(Cl)C(=O)NCC1(C)CC1(F)F. The van der Waals surface area contributed by atoms with E-state index < -0.39 is 22.6 Å². The van der Waals surface area contributed by atoms with Gasteiger partial charge in [-0.2, -0.15) is 0 Å². The molecule has 0 radical (unpaired) electrons. The van der Waals surface area contributed by atoms with Gasteiger partial charge in [-0.3, -0.25) is 4.79 Å². The number of hydrogen-bond donors (Lipinski definition) is 1. The Hall–Kier alpha value is -0.380. The van der Waals surface area contributed by atoms with Crippen LogP contribution in [0, 0.1) is 5.41 Å². The lowest BCUT2D eigenvalue weighted by Crippen LogP contribution is -2.35. The molecule has 2 nitrogen and oxygen atoms in total. The summed E-state index contributed by atoms with van der Waals surface area (Å²) in [5, 5.41) is 1.72. The lowest BCUT2D eigenvalue weighted by atomic mass is 10.1. The molecule has 76 valence electrons. The molecule has 1 N–H and O–H groups in total. The monoisotopic (exact) mass is 211 g/mol. The van der Waals surface area contributed by atoms with E-state index in [2.05, 4.69) is 5.32 Å². The first-order valence-corrected chi connectivity index (χ1v) is 4.52. The van der Waals surface area contributed by atoms with E-state index in [4.69, 9.17) is 11.6 Å². The highest BCUT2D eigenvalue weighted by Crippen LogP contribution is 2.59. The summed E-state index contributed by atoms with van der Waals surface area (Å²) in [4.78, 5) is 10.9. The molecule has 5 heteroatoms. The summed E-state index contributed by atoms with van der Waals surface area (Å²) in [6, 6.07) is 0. The van der Waals surface area contributed by atoms with Gasteiger partial charge in [0.1, 0.15) is 5.38 Å². The predicted octanol–water partition coefficient (Wildman–Crippen LogP) is 1.78. The van der Waals surface area contributed by atoms with Crippen molar-refractivity contribution in [2.24, 2.45) is 5.41 Å². The van der Waals surface area contributed by atoms with Gasteiger partial charge in [0.05, 0.1) is 5.41 Å². The molecule has 0 bridgehead atoms. The maximum atomic E-state index is 12.6. The Labute approximate surface area is 80.6 Å². The van der Waals surface area contributed by atoms with Gasteiger partial charge in [0.15, 0.2) is 0 Å². The molecule has 1 aliphatic carbocycles. The summed E-state index contributed by atoms with van der Waals surface area (Å²) in [7, 11) is 0. The zero-order valence-electron chi connectivity index (χ0n) is 7.53. The van der Waals surface area contributed by atoms with Crippen LogP contribution in [0.4, 0.5) is 8.78 Å². The molecular formula is C8H12ClF2NO. The maximum Gasteiger partial charge on any atom is 0.256 e. The Balaban J connectivity index is 2.33. The topological polar surface area (TPSA) is 29.1 Å². The second kappa shape index (κ2) is 3.08. The number of hydrogen-bond acceptors (Lipinski definition) is 1. The van der Waals surface area contributed by atoms with Crippen molar-refractivity contribution < 1.29 is 13.6 Å². The first-order valence-electron chi connectivity index (χ1n) is 4.08. The fourth-order valence-corrected chi connectivity index (χ4v) is 1.14. The summed E-state index contributed by atoms with van der Waals surface area (Å²) in [5.74, 6) is -3.03. The minimum atomic E-state index is -2.63. The smallest absolute Gasteiger partial charge is 0.256 e. The first kappa shape index (κ1) is 10.7. The van der Waals surface area contributed by atoms with Gasteiger partial charge >= 0.3 is 0 Å². The van der Waals surface area contributed by atoms with Gasteiger partial charge < -0.3 is 5.32 Å². The molecule has 1 saturated carbocycles. The average Bonchev–Trinajstić information content (AvgIpc) is 2.47. The van der Waals surface area contributed by atoms with Crippen LogP contribution in [0.5, 0.6) is 0 Å². The fraction of sp³-hybridized carbons (Fsp3) is 0.875. The molecule has 0 aromatic carbocycles. The summed E-state index contributed by atoms with van der Waals surface area (Å²) in [6.45, 7) is 2.95. The summed E-state index contributed by atoms with van der Waals surface area (Å²) >= 11 is 5.45. The Kier molecular flexibility index (Phi) is 2.54. The Morgan fingerprint density at radius 2 is 2.15 bits per heavy atom. The summed E-state index contributed by atoms with van der Waals surface area (Å²) < 4.78 is 25.3. The molecule has 0 aromatic heterocycles. The van der Waals surface area contributed by atoms with Crippen molar-refractivity contribution in [1.29, 1.82) is 0 Å². The molecule has 13 heavy (non-hydrogen) atoms. The van der Waals surface area contributed by atoms with E-state index in [1.54, 1.807) is 0 Å². The molecule has 1 amide bonds. The highest BCUT2D eigenvalue weighted by molar-refractivity contribution is 6.30. The van der Waals surface area contributed by atoms with Crippen molar-refractivity contribution >= 4 is 17.5 Å². The van der Waals surface area contributed by atoms with E-state index in [9.17, 15) is 13.6 Å². The van der Waals surface area contributed by atoms with Crippen LogP contribution in [0.25, 0.3) is 0 Å². The van der Waals surface area contributed by atoms with E-state index in [1.165, 1.54) is 13.8 Å². The second-order valence-corrected chi connectivity index (χ2v) is 4.43. The third-order valence-electron chi connectivity index (χ3n) is 2.38. The van der Waals surface area contributed by atoms with Gasteiger partial charge in [0, 0.05) is 13.0 Å². The van der Waals surface area contributed by atoms with Crippen LogP contribution in [0.15, 0.2) is 0 Å². The average molecular weight is 212 g/mol. The van der Waals surface area contributed by atoms with Gasteiger partial charge in [0.25, 0.3) is 5.92 Å². The molecule has 1 aliphatic rings. The Morgan fingerprint density at radius 3 is 2.46 bits per heavy atom. The van der Waals surface area contributed by atoms with Gasteiger partial charge in [-0.05, 0) is 6.92 Å². The predicted molar refractivity (Wildman–Crippen MR) is 46.0 cm³/mol. The fourth-order valence-electron chi connectivity index (χ4n) is 1.06. The zero-order valence-corrected chi connectivity index (χ0v) is 8.29. The van der Waals surface area contributed by atoms with E-state index in [-0.39, 0.29) is 13.0 Å². The molecule has 0 heterocycles. The summed E-state index contributed by atoms with van der Waals surface area (Å²) in [5.41, 5.74) is -1.06. The third-order valence-corrected chi connectivity index (χ3v) is 2.58. The van der Waals surface area contributed by atoms with Crippen LogP contribution < -0.4 is 5.32 Å². The second-order valence-electron chi connectivity index (χ2n) is 3.78. The minimum Gasteiger partial charge on any atom is -0.354 e. The van der Waals surface area contributed by atoms with Crippen LogP contribution in [0.2, 0.25) is 0 Å². The van der Waals surface area contributed by atoms with Crippen molar-refractivity contribution in [3.63, 3.8) is 0 Å². The molecule has 0 aromatic rings. The van der Waals surface area contributed by atoms with Gasteiger partial charge in [-0.25, -0.2) is 8.78 Å². The number of nitrogens with one attached hydrogen (secondary N) is 1. The highest BCUT2D eigenvalue weighted by atomic mass is 35.5. The zero-order chi connectivity index (χ0) is 10.3. The molecule has 2 unspecified atom stereocenters. The standard InChI is InChI=1S/C8H12ClF2NO/c1-5(9)6(13)12-4-7(2)3-8(7,10)11/h5H,3-4H2,1-2H3,(H,12,13). The van der Waals surface area contributed by atoms with E-state index in [0.717, 1.165) is 0 Å².